The number of rotatable bonds is 4. The van der Waals surface area contributed by atoms with Gasteiger partial charge < -0.3 is 4.74 Å². The molecule has 4 aliphatic carbocycles. The summed E-state index contributed by atoms with van der Waals surface area (Å²) < 4.78 is 28.0. The predicted octanol–water partition coefficient (Wildman–Crippen LogP) is 4.08. The summed E-state index contributed by atoms with van der Waals surface area (Å²) in [5, 5.41) is 0.266. The summed E-state index contributed by atoms with van der Waals surface area (Å²) >= 11 is 0. The van der Waals surface area contributed by atoms with Gasteiger partial charge in [0, 0.05) is 11.0 Å². The molecular formula is C19H23O5P. The zero-order valence-electron chi connectivity index (χ0n) is 14.3. The maximum atomic E-state index is 11.3. The lowest BCUT2D eigenvalue weighted by Crippen LogP contribution is -2.57. The Bertz CT molecular complexity index is 728. The van der Waals surface area contributed by atoms with Gasteiger partial charge in [0.1, 0.15) is 11.9 Å². The topological polar surface area (TPSA) is 61.8 Å². The first-order valence-electron chi connectivity index (χ1n) is 9.22. The zero-order valence-corrected chi connectivity index (χ0v) is 15.2. The molecule has 1 aliphatic heterocycles. The van der Waals surface area contributed by atoms with E-state index in [4.69, 9.17) is 14.5 Å². The standard InChI is InChI=1S/C19H23O5P/c1-22-16-7-14(25(20)21)2-3-15(16)17-18(24-23-17)19-8-11-4-12(9-19)6-13(5-11)10-19/h2-3,7,11-13,17-18H,4-6,8-10H2,1H3. The molecule has 1 aromatic rings. The Morgan fingerprint density at radius 1 is 1.04 bits per heavy atom. The second-order valence-electron chi connectivity index (χ2n) is 8.50. The van der Waals surface area contributed by atoms with Crippen molar-refractivity contribution in [1.29, 1.82) is 0 Å². The maximum Gasteiger partial charge on any atom is 0.348 e. The van der Waals surface area contributed by atoms with Crippen molar-refractivity contribution in [3.8, 4) is 5.75 Å². The molecular weight excluding hydrogens is 339 g/mol. The Hall–Kier alpha value is -1.16. The molecule has 0 amide bonds. The Kier molecular flexibility index (Phi) is 3.64. The van der Waals surface area contributed by atoms with Crippen LogP contribution >= 0.6 is 7.68 Å². The van der Waals surface area contributed by atoms with Crippen molar-refractivity contribution in [3.05, 3.63) is 23.8 Å². The first kappa shape index (κ1) is 16.0. The van der Waals surface area contributed by atoms with Crippen LogP contribution in [0.5, 0.6) is 5.75 Å². The molecule has 4 saturated carbocycles. The minimum Gasteiger partial charge on any atom is -0.496 e. The number of ether oxygens (including phenoxy) is 1. The number of methoxy groups -OCH3 is 1. The Labute approximate surface area is 147 Å². The van der Waals surface area contributed by atoms with Gasteiger partial charge in [-0.3, -0.25) is 0 Å². The van der Waals surface area contributed by atoms with Crippen LogP contribution in [0.1, 0.15) is 50.2 Å². The van der Waals surface area contributed by atoms with Crippen LogP contribution in [0.4, 0.5) is 0 Å². The van der Waals surface area contributed by atoms with Crippen LogP contribution < -0.4 is 10.0 Å². The van der Waals surface area contributed by atoms with E-state index in [1.165, 1.54) is 38.5 Å². The summed E-state index contributed by atoms with van der Waals surface area (Å²) in [6.07, 6.45) is 7.82. The summed E-state index contributed by atoms with van der Waals surface area (Å²) in [4.78, 5) is 11.2. The molecule has 0 spiro atoms. The molecule has 1 heterocycles. The van der Waals surface area contributed by atoms with E-state index >= 15 is 0 Å². The van der Waals surface area contributed by atoms with Gasteiger partial charge in [-0.2, -0.15) is 0 Å². The quantitative estimate of drug-likeness (QED) is 0.597. The molecule has 5 fully saturated rings. The molecule has 6 heteroatoms. The summed E-state index contributed by atoms with van der Waals surface area (Å²) in [6.45, 7) is 0. The molecule has 5 aliphatic rings. The fourth-order valence-corrected chi connectivity index (χ4v) is 6.80. The highest BCUT2D eigenvalue weighted by atomic mass is 31.1. The van der Waals surface area contributed by atoms with Crippen LogP contribution in [0.3, 0.4) is 0 Å². The summed E-state index contributed by atoms with van der Waals surface area (Å²) in [6, 6.07) is 5.03. The number of hydrogen-bond acceptors (Lipinski definition) is 5. The minimum absolute atomic E-state index is 0.0571. The SMILES string of the molecule is COc1cc(P(=O)=O)ccc1C1OOC1C12CC3CC(CC(C3)C1)C2. The van der Waals surface area contributed by atoms with Gasteiger partial charge in [-0.1, -0.05) is 6.07 Å². The normalized spacial score (nSPS) is 41.4. The molecule has 0 aromatic heterocycles. The Morgan fingerprint density at radius 2 is 1.68 bits per heavy atom. The van der Waals surface area contributed by atoms with Crippen molar-refractivity contribution in [2.75, 3.05) is 7.11 Å². The van der Waals surface area contributed by atoms with Gasteiger partial charge >= 0.3 is 7.68 Å². The molecule has 2 unspecified atom stereocenters. The van der Waals surface area contributed by atoms with Gasteiger partial charge in [-0.15, -0.1) is 0 Å². The average molecular weight is 362 g/mol. The highest BCUT2D eigenvalue weighted by Gasteiger charge is 2.60. The third-order valence-corrected chi connectivity index (χ3v) is 7.66. The third kappa shape index (κ3) is 2.43. The Morgan fingerprint density at radius 3 is 2.16 bits per heavy atom. The predicted molar refractivity (Wildman–Crippen MR) is 90.2 cm³/mol. The molecule has 134 valence electrons. The molecule has 1 saturated heterocycles. The number of benzene rings is 1. The highest BCUT2D eigenvalue weighted by Crippen LogP contribution is 2.65. The molecule has 4 bridgehead atoms. The summed E-state index contributed by atoms with van der Waals surface area (Å²) in [7, 11) is -1.05. The van der Waals surface area contributed by atoms with E-state index in [0.29, 0.717) is 5.75 Å². The monoisotopic (exact) mass is 362 g/mol. The fraction of sp³-hybridized carbons (Fsp3) is 0.684. The first-order chi connectivity index (χ1) is 12.1. The van der Waals surface area contributed by atoms with Crippen molar-refractivity contribution >= 4 is 13.0 Å². The smallest absolute Gasteiger partial charge is 0.348 e. The fourth-order valence-electron chi connectivity index (χ4n) is 6.38. The Balaban J connectivity index is 1.46. The first-order valence-corrected chi connectivity index (χ1v) is 10.4. The van der Waals surface area contributed by atoms with Gasteiger partial charge in [0.05, 0.1) is 12.4 Å². The second kappa shape index (κ2) is 5.67. The highest BCUT2D eigenvalue weighted by molar-refractivity contribution is 7.40. The van der Waals surface area contributed by atoms with Gasteiger partial charge in [-0.05, 0) is 68.4 Å². The molecule has 25 heavy (non-hydrogen) atoms. The van der Waals surface area contributed by atoms with E-state index in [-0.39, 0.29) is 22.9 Å². The molecule has 6 rings (SSSR count). The van der Waals surface area contributed by atoms with E-state index in [1.807, 2.05) is 6.07 Å². The molecule has 1 aromatic carbocycles. The van der Waals surface area contributed by atoms with Crippen LogP contribution in [-0.4, -0.2) is 13.2 Å². The lowest BCUT2D eigenvalue weighted by atomic mass is 9.47. The second-order valence-corrected chi connectivity index (χ2v) is 9.53. The summed E-state index contributed by atoms with van der Waals surface area (Å²) in [5.41, 5.74) is 1.13. The number of hydrogen-bond donors (Lipinski definition) is 0. The van der Waals surface area contributed by atoms with Crippen LogP contribution in [0.15, 0.2) is 18.2 Å². The van der Waals surface area contributed by atoms with Gasteiger partial charge in [0.2, 0.25) is 0 Å². The van der Waals surface area contributed by atoms with Crippen molar-refractivity contribution in [3.63, 3.8) is 0 Å². The van der Waals surface area contributed by atoms with Crippen molar-refractivity contribution < 1.29 is 23.6 Å². The van der Waals surface area contributed by atoms with E-state index < -0.39 is 7.68 Å². The van der Waals surface area contributed by atoms with Crippen LogP contribution in [-0.2, 0) is 18.9 Å². The third-order valence-electron chi connectivity index (χ3n) is 6.96. The molecule has 0 radical (unpaired) electrons. The van der Waals surface area contributed by atoms with E-state index in [9.17, 15) is 9.13 Å². The summed E-state index contributed by atoms with van der Waals surface area (Å²) in [5.74, 6) is 3.12. The van der Waals surface area contributed by atoms with Crippen LogP contribution in [0.2, 0.25) is 0 Å². The molecule has 5 nitrogen and oxygen atoms in total. The van der Waals surface area contributed by atoms with Gasteiger partial charge in [0.15, 0.2) is 6.10 Å². The molecule has 2 atom stereocenters. The lowest BCUT2D eigenvalue weighted by Gasteiger charge is -2.61. The van der Waals surface area contributed by atoms with Crippen LogP contribution in [0.25, 0.3) is 0 Å². The maximum absolute atomic E-state index is 11.3. The molecule has 0 N–H and O–H groups in total. The van der Waals surface area contributed by atoms with E-state index in [1.54, 1.807) is 19.2 Å². The largest absolute Gasteiger partial charge is 0.496 e. The van der Waals surface area contributed by atoms with Crippen molar-refractivity contribution in [2.45, 2.75) is 50.7 Å². The van der Waals surface area contributed by atoms with Crippen molar-refractivity contribution in [2.24, 2.45) is 23.2 Å². The van der Waals surface area contributed by atoms with Gasteiger partial charge in [-0.25, -0.2) is 18.9 Å². The van der Waals surface area contributed by atoms with E-state index in [2.05, 4.69) is 0 Å². The van der Waals surface area contributed by atoms with Crippen LogP contribution in [0, 0.1) is 23.2 Å². The zero-order chi connectivity index (χ0) is 17.2. The van der Waals surface area contributed by atoms with Crippen molar-refractivity contribution in [1.82, 2.24) is 0 Å². The lowest BCUT2D eigenvalue weighted by molar-refractivity contribution is -0.497. The van der Waals surface area contributed by atoms with E-state index in [0.717, 1.165) is 23.3 Å². The average Bonchev–Trinajstić information content (AvgIpc) is 2.52. The minimum atomic E-state index is -2.62. The van der Waals surface area contributed by atoms with Gasteiger partial charge in [0.25, 0.3) is 0 Å².